The van der Waals surface area contributed by atoms with Crippen LogP contribution in [-0.4, -0.2) is 98.4 Å². The first-order valence-electron chi connectivity index (χ1n) is 26.5. The van der Waals surface area contributed by atoms with Crippen LogP contribution in [0.1, 0.15) is 168 Å². The predicted octanol–water partition coefficient (Wildman–Crippen LogP) is 10.5. The molecular weight excluding hydrogens is 901 g/mol. The molecule has 376 valence electrons. The molecule has 2 saturated carbocycles. The van der Waals surface area contributed by atoms with Crippen LogP contribution in [0.4, 0.5) is 21.0 Å². The third-order valence-corrected chi connectivity index (χ3v) is 15.9. The zero-order valence-corrected chi connectivity index (χ0v) is 41.6. The minimum Gasteiger partial charge on any atom is -0.376 e. The van der Waals surface area contributed by atoms with E-state index in [0.29, 0.717) is 47.9 Å². The number of benzene rings is 4. The van der Waals surface area contributed by atoms with Crippen LogP contribution < -0.4 is 21.3 Å². The molecule has 4 aliphatic heterocycles. The molecule has 2 atom stereocenters. The Bertz CT molecular complexity index is 2420. The molecule has 0 bridgehead atoms. The van der Waals surface area contributed by atoms with E-state index in [4.69, 9.17) is 22.3 Å². The minimum absolute atomic E-state index is 0.0269. The van der Waals surface area contributed by atoms with Crippen molar-refractivity contribution in [3.8, 4) is 24.7 Å². The van der Waals surface area contributed by atoms with Crippen molar-refractivity contribution in [2.45, 2.75) is 126 Å². The number of terminal acetylenes is 2. The first kappa shape index (κ1) is 50.3. The second kappa shape index (κ2) is 24.2. The van der Waals surface area contributed by atoms with E-state index >= 15 is 0 Å². The highest BCUT2D eigenvalue weighted by molar-refractivity contribution is 5.98. The van der Waals surface area contributed by atoms with Crippen molar-refractivity contribution in [3.05, 3.63) is 129 Å². The summed E-state index contributed by atoms with van der Waals surface area (Å²) in [4.78, 5) is 56.0. The van der Waals surface area contributed by atoms with Crippen LogP contribution in [0.3, 0.4) is 0 Å². The van der Waals surface area contributed by atoms with Gasteiger partial charge in [0.2, 0.25) is 0 Å². The molecule has 0 spiro atoms. The third-order valence-electron chi connectivity index (χ3n) is 15.9. The Kier molecular flexibility index (Phi) is 16.9. The number of piperidine rings is 2. The van der Waals surface area contributed by atoms with Gasteiger partial charge < -0.3 is 40.5 Å². The van der Waals surface area contributed by atoms with Gasteiger partial charge in [0.25, 0.3) is 11.8 Å². The van der Waals surface area contributed by atoms with Gasteiger partial charge >= 0.3 is 12.1 Å². The zero-order valence-electron chi connectivity index (χ0n) is 41.6. The summed E-state index contributed by atoms with van der Waals surface area (Å²) in [5.74, 6) is 7.14. The number of ether oxygens (including phenoxy) is 2. The molecule has 2 aliphatic carbocycles. The van der Waals surface area contributed by atoms with Gasteiger partial charge in [0.05, 0.1) is 12.2 Å². The van der Waals surface area contributed by atoms with E-state index in [0.717, 1.165) is 150 Å². The van der Waals surface area contributed by atoms with Crippen LogP contribution in [0.5, 0.6) is 0 Å². The summed E-state index contributed by atoms with van der Waals surface area (Å²) < 4.78 is 11.2. The maximum absolute atomic E-state index is 13.4. The summed E-state index contributed by atoms with van der Waals surface area (Å²) >= 11 is 0. The second-order valence-corrected chi connectivity index (χ2v) is 20.5. The van der Waals surface area contributed by atoms with E-state index in [1.54, 1.807) is 0 Å². The molecular formula is C60H70N6O6. The SMILES string of the molecule is C#Cc1ccc(C2CCN(C(=O)c3ccc(C4CCC4)c(NC(=O)NC[C@@H]4CCCO4)c3)CC2)cc1.C#Cc1ccc(C2CCN(C(=O)c3ccc(C4CCC4)c(NC(=O)NC[C@H]4CCCO4)c3)CC2)cc1. The lowest BCUT2D eigenvalue weighted by Crippen LogP contribution is -2.38. The fourth-order valence-corrected chi connectivity index (χ4v) is 11.0. The first-order valence-corrected chi connectivity index (χ1v) is 26.5. The van der Waals surface area contributed by atoms with Gasteiger partial charge in [0.1, 0.15) is 0 Å². The van der Waals surface area contributed by atoms with Crippen molar-refractivity contribution in [1.82, 2.24) is 20.4 Å². The van der Waals surface area contributed by atoms with Crippen molar-refractivity contribution < 1.29 is 28.7 Å². The third kappa shape index (κ3) is 12.7. The van der Waals surface area contributed by atoms with Crippen LogP contribution in [0.25, 0.3) is 0 Å². The number of nitrogens with zero attached hydrogens (tertiary/aromatic N) is 2. The lowest BCUT2D eigenvalue weighted by Gasteiger charge is -2.33. The van der Waals surface area contributed by atoms with Crippen LogP contribution in [-0.2, 0) is 9.47 Å². The highest BCUT2D eigenvalue weighted by Gasteiger charge is 2.30. The van der Waals surface area contributed by atoms with Crippen LogP contribution in [0, 0.1) is 24.7 Å². The molecule has 6 amide bonds. The van der Waals surface area contributed by atoms with Gasteiger partial charge in [-0.25, -0.2) is 9.59 Å². The number of amides is 6. The van der Waals surface area contributed by atoms with Gasteiger partial charge in [-0.15, -0.1) is 12.8 Å². The Morgan fingerprint density at radius 1 is 0.486 bits per heavy atom. The summed E-state index contributed by atoms with van der Waals surface area (Å²) in [5, 5.41) is 11.9. The van der Waals surface area contributed by atoms with E-state index in [9.17, 15) is 19.2 Å². The fourth-order valence-electron chi connectivity index (χ4n) is 11.0. The van der Waals surface area contributed by atoms with Gasteiger partial charge in [0.15, 0.2) is 0 Å². The smallest absolute Gasteiger partial charge is 0.319 e. The summed E-state index contributed by atoms with van der Waals surface area (Å²) in [6, 6.07) is 27.6. The fraction of sp³-hybridized carbons (Fsp3) is 0.467. The maximum Gasteiger partial charge on any atom is 0.319 e. The molecule has 4 heterocycles. The van der Waals surface area contributed by atoms with E-state index in [-0.39, 0.29) is 36.1 Å². The number of carbonyl (C=O) groups is 4. The van der Waals surface area contributed by atoms with Gasteiger partial charge in [-0.05, 0) is 172 Å². The molecule has 4 N–H and O–H groups in total. The molecule has 6 fully saturated rings. The summed E-state index contributed by atoms with van der Waals surface area (Å²) in [5.41, 5.74) is 9.35. The molecule has 0 aromatic heterocycles. The van der Waals surface area contributed by atoms with E-state index < -0.39 is 0 Å². The van der Waals surface area contributed by atoms with E-state index in [2.05, 4.69) is 57.4 Å². The van der Waals surface area contributed by atoms with Gasteiger partial charge in [-0.1, -0.05) is 61.1 Å². The number of hydrogen-bond acceptors (Lipinski definition) is 6. The summed E-state index contributed by atoms with van der Waals surface area (Å²) in [7, 11) is 0. The van der Waals surface area contributed by atoms with Crippen LogP contribution >= 0.6 is 0 Å². The number of hydrogen-bond donors (Lipinski definition) is 4. The number of carbonyl (C=O) groups excluding carboxylic acids is 4. The molecule has 12 nitrogen and oxygen atoms in total. The van der Waals surface area contributed by atoms with Crippen molar-refractivity contribution in [2.75, 3.05) is 63.1 Å². The normalized spacial score (nSPS) is 20.4. The lowest BCUT2D eigenvalue weighted by atomic mass is 9.79. The Morgan fingerprint density at radius 3 is 1.19 bits per heavy atom. The van der Waals surface area contributed by atoms with Crippen molar-refractivity contribution >= 4 is 35.3 Å². The Morgan fingerprint density at radius 2 is 0.875 bits per heavy atom. The van der Waals surface area contributed by atoms with Crippen LogP contribution in [0.2, 0.25) is 0 Å². The molecule has 72 heavy (non-hydrogen) atoms. The highest BCUT2D eigenvalue weighted by atomic mass is 16.5. The topological polar surface area (TPSA) is 141 Å². The molecule has 4 aromatic rings. The molecule has 4 saturated heterocycles. The number of urea groups is 2. The molecule has 4 aromatic carbocycles. The predicted molar refractivity (Wildman–Crippen MR) is 283 cm³/mol. The molecule has 6 aliphatic rings. The highest BCUT2D eigenvalue weighted by Crippen LogP contribution is 2.42. The van der Waals surface area contributed by atoms with Crippen LogP contribution in [0.15, 0.2) is 84.9 Å². The average molecular weight is 971 g/mol. The average Bonchev–Trinajstić information content (AvgIpc) is 4.13. The lowest BCUT2D eigenvalue weighted by molar-refractivity contribution is 0.0705. The quantitative estimate of drug-likeness (QED) is 0.104. The molecule has 12 heteroatoms. The zero-order chi connectivity index (χ0) is 49.8. The molecule has 0 unspecified atom stereocenters. The van der Waals surface area contributed by atoms with Crippen molar-refractivity contribution in [1.29, 1.82) is 0 Å². The summed E-state index contributed by atoms with van der Waals surface area (Å²) in [6.45, 7) is 5.40. The number of likely N-dealkylation sites (tertiary alicyclic amines) is 2. The molecule has 0 radical (unpaired) electrons. The Hall–Kier alpha value is -6.60. The Labute approximate surface area is 425 Å². The largest absolute Gasteiger partial charge is 0.376 e. The van der Waals surface area contributed by atoms with E-state index in [1.165, 1.54) is 24.0 Å². The van der Waals surface area contributed by atoms with E-state index in [1.807, 2.05) is 70.5 Å². The number of rotatable bonds is 12. The van der Waals surface area contributed by atoms with Gasteiger partial charge in [-0.3, -0.25) is 9.59 Å². The number of anilines is 2. The van der Waals surface area contributed by atoms with Gasteiger partial charge in [0, 0.05) is 86.1 Å². The Balaban J connectivity index is 0.000000178. The van der Waals surface area contributed by atoms with Gasteiger partial charge in [-0.2, -0.15) is 0 Å². The summed E-state index contributed by atoms with van der Waals surface area (Å²) in [6.07, 6.45) is 25.8. The first-order chi connectivity index (χ1) is 35.2. The van der Waals surface area contributed by atoms with Crippen molar-refractivity contribution in [3.63, 3.8) is 0 Å². The standard InChI is InChI=1S/2C30H35N3O3/c2*1-2-21-8-10-22(11-9-21)23-14-16-33(17-15-23)29(34)25-12-13-27(24-5-3-6-24)28(19-25)32-30(35)31-20-26-7-4-18-36-26/h2*1,8-13,19,23-24,26H,3-7,14-18,20H2,(H2,31,32,35)/t2*26-/m10/s1. The maximum atomic E-state index is 13.4. The molecule has 10 rings (SSSR count). The minimum atomic E-state index is -0.243. The number of nitrogens with one attached hydrogen (secondary N) is 4. The monoisotopic (exact) mass is 971 g/mol. The second-order valence-electron chi connectivity index (χ2n) is 20.5. The van der Waals surface area contributed by atoms with Crippen molar-refractivity contribution in [2.24, 2.45) is 0 Å².